The summed E-state index contributed by atoms with van der Waals surface area (Å²) in [4.78, 5) is 19.6. The Morgan fingerprint density at radius 3 is 2.67 bits per heavy atom. The Morgan fingerprint density at radius 1 is 1.10 bits per heavy atom. The average Bonchev–Trinajstić information content (AvgIpc) is 3.14. The fraction of sp³-hybridized carbons (Fsp3) is 0.0476. The number of aryl methyl sites for hydroxylation is 1. The molecule has 0 aliphatic heterocycles. The van der Waals surface area contributed by atoms with E-state index in [2.05, 4.69) is 14.7 Å². The molecule has 152 valence electrons. The molecule has 0 saturated heterocycles. The Kier molecular flexibility index (Phi) is 4.83. The van der Waals surface area contributed by atoms with Crippen LogP contribution in [0.15, 0.2) is 65.8 Å². The second-order valence-electron chi connectivity index (χ2n) is 6.64. The van der Waals surface area contributed by atoms with Gasteiger partial charge in [0.1, 0.15) is 11.5 Å². The number of halogens is 2. The van der Waals surface area contributed by atoms with Gasteiger partial charge in [-0.05, 0) is 48.9 Å². The third kappa shape index (κ3) is 3.43. The van der Waals surface area contributed by atoms with Gasteiger partial charge in [-0.2, -0.15) is 0 Å². The molecule has 30 heavy (non-hydrogen) atoms. The number of pyridine rings is 1. The Labute approximate surface area is 170 Å². The van der Waals surface area contributed by atoms with Crippen LogP contribution in [0.1, 0.15) is 21.5 Å². The van der Waals surface area contributed by atoms with Crippen LogP contribution in [-0.4, -0.2) is 24.2 Å². The SMILES string of the molecule is Cc1cccc(S(=O)(=O)Nc2ccc(F)c(C(=O)c3c[nH]c4ncccc34)c2F)c1. The van der Waals surface area contributed by atoms with E-state index in [1.165, 1.54) is 24.5 Å². The van der Waals surface area contributed by atoms with Crippen LogP contribution in [0.5, 0.6) is 0 Å². The molecule has 6 nitrogen and oxygen atoms in total. The van der Waals surface area contributed by atoms with Gasteiger partial charge in [-0.15, -0.1) is 0 Å². The highest BCUT2D eigenvalue weighted by molar-refractivity contribution is 7.92. The molecule has 2 heterocycles. The second-order valence-corrected chi connectivity index (χ2v) is 8.32. The van der Waals surface area contributed by atoms with Gasteiger partial charge >= 0.3 is 0 Å². The van der Waals surface area contributed by atoms with Gasteiger partial charge < -0.3 is 4.98 Å². The molecule has 0 bridgehead atoms. The van der Waals surface area contributed by atoms with E-state index in [0.717, 1.165) is 12.1 Å². The monoisotopic (exact) mass is 427 g/mol. The van der Waals surface area contributed by atoms with Crippen LogP contribution in [-0.2, 0) is 10.0 Å². The van der Waals surface area contributed by atoms with Crippen molar-refractivity contribution in [3.63, 3.8) is 0 Å². The van der Waals surface area contributed by atoms with Crippen molar-refractivity contribution in [2.24, 2.45) is 0 Å². The van der Waals surface area contributed by atoms with Gasteiger partial charge in [0.15, 0.2) is 5.82 Å². The first kappa shape index (κ1) is 19.7. The number of hydrogen-bond donors (Lipinski definition) is 2. The maximum absolute atomic E-state index is 15.1. The predicted octanol–water partition coefficient (Wildman–Crippen LogP) is 4.18. The number of carbonyl (C=O) groups excluding carboxylic acids is 1. The van der Waals surface area contributed by atoms with Gasteiger partial charge in [0.25, 0.3) is 10.0 Å². The molecule has 4 rings (SSSR count). The minimum absolute atomic E-state index is 0.0228. The number of H-pyrrole nitrogens is 1. The highest BCUT2D eigenvalue weighted by Gasteiger charge is 2.26. The average molecular weight is 427 g/mol. The fourth-order valence-electron chi connectivity index (χ4n) is 3.10. The van der Waals surface area contributed by atoms with Crippen molar-refractivity contribution >= 4 is 32.5 Å². The van der Waals surface area contributed by atoms with Crippen molar-refractivity contribution in [1.29, 1.82) is 0 Å². The standard InChI is InChI=1S/C21H15F2N3O3S/c1-12-4-2-5-13(10-12)30(28,29)26-17-8-7-16(22)18(19(17)23)20(27)15-11-25-21-14(15)6-3-9-24-21/h2-11,26H,1H3,(H,24,25). The summed E-state index contributed by atoms with van der Waals surface area (Å²) < 4.78 is 56.8. The molecule has 0 amide bonds. The topological polar surface area (TPSA) is 91.9 Å². The van der Waals surface area contributed by atoms with Gasteiger partial charge in [0.2, 0.25) is 5.78 Å². The highest BCUT2D eigenvalue weighted by atomic mass is 32.2. The lowest BCUT2D eigenvalue weighted by Crippen LogP contribution is -2.16. The summed E-state index contributed by atoms with van der Waals surface area (Å²) in [6.45, 7) is 1.71. The van der Waals surface area contributed by atoms with Crippen molar-refractivity contribution in [3.05, 3.63) is 89.2 Å². The lowest BCUT2D eigenvalue weighted by molar-refractivity contribution is 0.103. The first-order valence-corrected chi connectivity index (χ1v) is 10.3. The van der Waals surface area contributed by atoms with Gasteiger partial charge in [-0.25, -0.2) is 22.2 Å². The van der Waals surface area contributed by atoms with Gasteiger partial charge in [-0.3, -0.25) is 9.52 Å². The summed E-state index contributed by atoms with van der Waals surface area (Å²) in [5, 5.41) is 0.395. The molecule has 2 N–H and O–H groups in total. The zero-order valence-electron chi connectivity index (χ0n) is 15.6. The number of nitrogens with one attached hydrogen (secondary N) is 2. The molecule has 0 aliphatic carbocycles. The Balaban J connectivity index is 1.76. The summed E-state index contributed by atoms with van der Waals surface area (Å²) in [5.41, 5.74) is -0.280. The predicted molar refractivity (Wildman–Crippen MR) is 108 cm³/mol. The van der Waals surface area contributed by atoms with Gasteiger partial charge in [0, 0.05) is 23.3 Å². The quantitative estimate of drug-likeness (QED) is 0.468. The van der Waals surface area contributed by atoms with Crippen molar-refractivity contribution in [3.8, 4) is 0 Å². The number of carbonyl (C=O) groups is 1. The molecule has 2 aromatic carbocycles. The molecular weight excluding hydrogens is 412 g/mol. The van der Waals surface area contributed by atoms with Crippen LogP contribution in [0.3, 0.4) is 0 Å². The number of ketones is 1. The maximum atomic E-state index is 15.1. The van der Waals surface area contributed by atoms with E-state index < -0.39 is 38.7 Å². The van der Waals surface area contributed by atoms with Crippen LogP contribution in [0.2, 0.25) is 0 Å². The minimum atomic E-state index is -4.14. The summed E-state index contributed by atoms with van der Waals surface area (Å²) in [7, 11) is -4.14. The van der Waals surface area contributed by atoms with E-state index in [-0.39, 0.29) is 10.5 Å². The Morgan fingerprint density at radius 2 is 1.90 bits per heavy atom. The summed E-state index contributed by atoms with van der Waals surface area (Å²) in [6, 6.07) is 11.0. The lowest BCUT2D eigenvalue weighted by atomic mass is 10.0. The highest BCUT2D eigenvalue weighted by Crippen LogP contribution is 2.28. The van der Waals surface area contributed by atoms with Crippen LogP contribution in [0, 0.1) is 18.6 Å². The van der Waals surface area contributed by atoms with Crippen molar-refractivity contribution in [2.45, 2.75) is 11.8 Å². The van der Waals surface area contributed by atoms with Crippen LogP contribution in [0.4, 0.5) is 14.5 Å². The molecule has 0 saturated carbocycles. The second kappa shape index (κ2) is 7.34. The molecule has 0 atom stereocenters. The number of fused-ring (bicyclic) bond motifs is 1. The first-order chi connectivity index (χ1) is 14.3. The maximum Gasteiger partial charge on any atom is 0.261 e. The third-order valence-corrected chi connectivity index (χ3v) is 5.92. The number of aromatic amines is 1. The molecule has 0 radical (unpaired) electrons. The van der Waals surface area contributed by atoms with Crippen LogP contribution < -0.4 is 4.72 Å². The number of hydrogen-bond acceptors (Lipinski definition) is 4. The smallest absolute Gasteiger partial charge is 0.261 e. The van der Waals surface area contributed by atoms with E-state index in [1.54, 1.807) is 31.2 Å². The molecule has 0 spiro atoms. The zero-order valence-corrected chi connectivity index (χ0v) is 16.4. The third-order valence-electron chi connectivity index (χ3n) is 4.56. The first-order valence-electron chi connectivity index (χ1n) is 8.82. The van der Waals surface area contributed by atoms with Crippen molar-refractivity contribution in [2.75, 3.05) is 4.72 Å². The fourth-order valence-corrected chi connectivity index (χ4v) is 4.27. The van der Waals surface area contributed by atoms with Crippen molar-refractivity contribution in [1.82, 2.24) is 9.97 Å². The molecule has 9 heteroatoms. The normalized spacial score (nSPS) is 11.6. The van der Waals surface area contributed by atoms with Crippen LogP contribution in [0.25, 0.3) is 11.0 Å². The summed E-state index contributed by atoms with van der Waals surface area (Å²) in [5.74, 6) is -3.33. The molecule has 0 fully saturated rings. The van der Waals surface area contributed by atoms with Gasteiger partial charge in [-0.1, -0.05) is 12.1 Å². The molecule has 0 unspecified atom stereocenters. The van der Waals surface area contributed by atoms with E-state index in [1.807, 2.05) is 0 Å². The number of rotatable bonds is 5. The van der Waals surface area contributed by atoms with Gasteiger partial charge in [0.05, 0.1) is 16.1 Å². The summed E-state index contributed by atoms with van der Waals surface area (Å²) >= 11 is 0. The van der Waals surface area contributed by atoms with Crippen LogP contribution >= 0.6 is 0 Å². The number of aromatic nitrogens is 2. The number of sulfonamides is 1. The Hall–Kier alpha value is -3.59. The lowest BCUT2D eigenvalue weighted by Gasteiger charge is -2.12. The van der Waals surface area contributed by atoms with E-state index in [9.17, 15) is 17.6 Å². The molecule has 0 aliphatic rings. The zero-order chi connectivity index (χ0) is 21.5. The van der Waals surface area contributed by atoms with E-state index in [4.69, 9.17) is 0 Å². The Bertz CT molecular complexity index is 1400. The van der Waals surface area contributed by atoms with E-state index in [0.29, 0.717) is 16.6 Å². The summed E-state index contributed by atoms with van der Waals surface area (Å²) in [6.07, 6.45) is 2.82. The molecule has 2 aromatic heterocycles. The molecular formula is C21H15F2N3O3S. The van der Waals surface area contributed by atoms with E-state index >= 15 is 4.39 Å². The molecule has 4 aromatic rings. The number of anilines is 1. The largest absolute Gasteiger partial charge is 0.345 e. The number of nitrogens with zero attached hydrogens (tertiary/aromatic N) is 1. The minimum Gasteiger partial charge on any atom is -0.345 e. The van der Waals surface area contributed by atoms with Crippen molar-refractivity contribution < 1.29 is 22.0 Å². The number of benzene rings is 2.